The molecule has 14 heavy (non-hydrogen) atoms. The highest BCUT2D eigenvalue weighted by atomic mass is 19.5. The van der Waals surface area contributed by atoms with E-state index in [1.165, 1.54) is 5.56 Å². The maximum Gasteiger partial charge on any atom is 0.673 e. The third-order valence-electron chi connectivity index (χ3n) is 1.15. The van der Waals surface area contributed by atoms with E-state index in [1.807, 2.05) is 19.1 Å². The molecule has 0 heterocycles. The van der Waals surface area contributed by atoms with Gasteiger partial charge in [0, 0.05) is 12.1 Å². The first-order valence-electron chi connectivity index (χ1n) is 3.62. The van der Waals surface area contributed by atoms with Crippen molar-refractivity contribution >= 4 is 12.9 Å². The third kappa shape index (κ3) is 8.52. The minimum atomic E-state index is -6.00. The summed E-state index contributed by atoms with van der Waals surface area (Å²) >= 11 is 0. The van der Waals surface area contributed by atoms with Crippen LogP contribution in [-0.4, -0.2) is 7.25 Å². The molecule has 0 radical (unpaired) electrons. The fourth-order valence-electron chi connectivity index (χ4n) is 0.611. The van der Waals surface area contributed by atoms with Crippen LogP contribution >= 0.6 is 0 Å². The maximum atomic E-state index is 9.75. The first-order valence-corrected chi connectivity index (χ1v) is 3.62. The Morgan fingerprint density at radius 1 is 1.07 bits per heavy atom. The summed E-state index contributed by atoms with van der Waals surface area (Å²) in [5.41, 5.74) is 1.77. The maximum absolute atomic E-state index is 9.75. The van der Waals surface area contributed by atoms with Gasteiger partial charge in [-0.05, 0) is 6.92 Å². The molecule has 0 fully saturated rings. The summed E-state index contributed by atoms with van der Waals surface area (Å²) < 4.78 is 39.0. The number of hydrogen-bond acceptors (Lipinski definition) is 1. The van der Waals surface area contributed by atoms with E-state index in [0.717, 1.165) is 0 Å². The second-order valence-electron chi connectivity index (χ2n) is 2.43. The molecule has 0 amide bonds. The van der Waals surface area contributed by atoms with Crippen LogP contribution in [0.3, 0.4) is 0 Å². The summed E-state index contributed by atoms with van der Waals surface area (Å²) in [6, 6.07) is 7.31. The topological polar surface area (TPSA) is 28.1 Å². The van der Waals surface area contributed by atoms with Crippen molar-refractivity contribution in [2.45, 2.75) is 6.92 Å². The number of rotatable bonds is 0. The zero-order valence-electron chi connectivity index (χ0n) is 7.29. The average Bonchev–Trinajstić information content (AvgIpc) is 2.03. The Morgan fingerprint density at radius 2 is 1.43 bits per heavy atom. The molecule has 1 aromatic carbocycles. The molecule has 0 N–H and O–H groups in total. The van der Waals surface area contributed by atoms with E-state index in [0.29, 0.717) is 5.69 Å². The van der Waals surface area contributed by atoms with Gasteiger partial charge in [-0.3, -0.25) is 0 Å². The molecule has 0 saturated heterocycles. The van der Waals surface area contributed by atoms with E-state index in [1.54, 1.807) is 12.1 Å². The van der Waals surface area contributed by atoms with Gasteiger partial charge >= 0.3 is 12.9 Å². The summed E-state index contributed by atoms with van der Waals surface area (Å²) in [7, 11) is -6.00. The number of benzene rings is 1. The lowest BCUT2D eigenvalue weighted by atomic mass is 10.2. The molecular formula is C7H7BF4N2. The van der Waals surface area contributed by atoms with Gasteiger partial charge < -0.3 is 17.3 Å². The normalized spacial score (nSPS) is 9.71. The molecule has 0 saturated carbocycles. The quantitative estimate of drug-likeness (QED) is 0.360. The van der Waals surface area contributed by atoms with Gasteiger partial charge in [0.15, 0.2) is 4.98 Å². The first-order chi connectivity index (χ1) is 6.33. The summed E-state index contributed by atoms with van der Waals surface area (Å²) in [5, 5.41) is 8.25. The number of nitrogens with zero attached hydrogens (tertiary/aromatic N) is 2. The second kappa shape index (κ2) is 5.22. The van der Waals surface area contributed by atoms with Gasteiger partial charge in [0.1, 0.15) is 0 Å². The van der Waals surface area contributed by atoms with Gasteiger partial charge in [0.25, 0.3) is 0 Å². The summed E-state index contributed by atoms with van der Waals surface area (Å²) in [6.45, 7) is 1.99. The highest BCUT2D eigenvalue weighted by molar-refractivity contribution is 6.50. The first kappa shape index (κ1) is 12.4. The van der Waals surface area contributed by atoms with Crippen molar-refractivity contribution in [2.75, 3.05) is 0 Å². The Kier molecular flexibility index (Phi) is 4.63. The van der Waals surface area contributed by atoms with Crippen LogP contribution in [0.4, 0.5) is 23.0 Å². The van der Waals surface area contributed by atoms with E-state index in [2.05, 4.69) is 4.98 Å². The Morgan fingerprint density at radius 3 is 1.71 bits per heavy atom. The number of diazo groups is 1. The van der Waals surface area contributed by atoms with Crippen molar-refractivity contribution < 1.29 is 17.3 Å². The Hall–Kier alpha value is -1.58. The summed E-state index contributed by atoms with van der Waals surface area (Å²) in [4.78, 5) is 3.01. The fraction of sp³-hybridized carbons (Fsp3) is 0.143. The van der Waals surface area contributed by atoms with Crippen molar-refractivity contribution in [3.8, 4) is 0 Å². The SMILES string of the molecule is Cc1ccc([N+]#N)cc1.F[B-](F)(F)F. The zero-order chi connectivity index (χ0) is 11.2. The highest BCUT2D eigenvalue weighted by Gasteiger charge is 2.20. The van der Waals surface area contributed by atoms with Crippen LogP contribution in [0.2, 0.25) is 0 Å². The molecule has 1 rings (SSSR count). The van der Waals surface area contributed by atoms with Crippen LogP contribution in [-0.2, 0) is 0 Å². The fourth-order valence-corrected chi connectivity index (χ4v) is 0.611. The minimum absolute atomic E-state index is 0.598. The van der Waals surface area contributed by atoms with Crippen LogP contribution in [0.1, 0.15) is 5.56 Å². The molecule has 0 aliphatic rings. The molecule has 0 bridgehead atoms. The van der Waals surface area contributed by atoms with E-state index in [9.17, 15) is 17.3 Å². The molecule has 0 aliphatic heterocycles. The summed E-state index contributed by atoms with van der Waals surface area (Å²) in [6.07, 6.45) is 0. The van der Waals surface area contributed by atoms with Crippen molar-refractivity contribution in [1.29, 1.82) is 5.39 Å². The molecular weight excluding hydrogens is 199 g/mol. The standard InChI is InChI=1S/C7H7N2.BF4/c1-6-2-4-7(9-8)5-3-6;2-1(3,4)5/h2-5H,1H3;/q+1;-1. The average molecular weight is 206 g/mol. The molecule has 0 atom stereocenters. The molecule has 0 aliphatic carbocycles. The molecule has 0 spiro atoms. The lowest BCUT2D eigenvalue weighted by molar-refractivity contribution is 0.368. The minimum Gasteiger partial charge on any atom is -0.418 e. The molecule has 0 unspecified atom stereocenters. The van der Waals surface area contributed by atoms with Gasteiger partial charge in [0.2, 0.25) is 5.39 Å². The van der Waals surface area contributed by atoms with Gasteiger partial charge in [-0.1, -0.05) is 17.7 Å². The molecule has 2 nitrogen and oxygen atoms in total. The van der Waals surface area contributed by atoms with E-state index < -0.39 is 7.25 Å². The zero-order valence-corrected chi connectivity index (χ0v) is 7.29. The van der Waals surface area contributed by atoms with Crippen LogP contribution in [0.15, 0.2) is 24.3 Å². The predicted octanol–water partition coefficient (Wildman–Crippen LogP) is 3.78. The van der Waals surface area contributed by atoms with Crippen molar-refractivity contribution in [2.24, 2.45) is 0 Å². The van der Waals surface area contributed by atoms with Crippen LogP contribution in [0.5, 0.6) is 0 Å². The van der Waals surface area contributed by atoms with Crippen LogP contribution in [0.25, 0.3) is 4.98 Å². The Balaban J connectivity index is 0.000000292. The van der Waals surface area contributed by atoms with Crippen molar-refractivity contribution in [3.63, 3.8) is 0 Å². The monoisotopic (exact) mass is 206 g/mol. The van der Waals surface area contributed by atoms with Crippen LogP contribution in [0, 0.1) is 12.3 Å². The predicted molar refractivity (Wildman–Crippen MR) is 46.1 cm³/mol. The van der Waals surface area contributed by atoms with E-state index in [4.69, 9.17) is 5.39 Å². The van der Waals surface area contributed by atoms with Gasteiger partial charge in [-0.2, -0.15) is 0 Å². The van der Waals surface area contributed by atoms with Gasteiger partial charge in [-0.15, -0.1) is 0 Å². The molecule has 76 valence electrons. The number of aryl methyl sites for hydroxylation is 1. The van der Waals surface area contributed by atoms with Crippen LogP contribution < -0.4 is 0 Å². The van der Waals surface area contributed by atoms with E-state index >= 15 is 0 Å². The summed E-state index contributed by atoms with van der Waals surface area (Å²) in [5.74, 6) is 0. The van der Waals surface area contributed by atoms with Crippen molar-refractivity contribution in [3.05, 3.63) is 34.8 Å². The van der Waals surface area contributed by atoms with E-state index in [-0.39, 0.29) is 0 Å². The van der Waals surface area contributed by atoms with Gasteiger partial charge in [-0.25, -0.2) is 0 Å². The van der Waals surface area contributed by atoms with Crippen molar-refractivity contribution in [1.82, 2.24) is 0 Å². The number of halogens is 4. The molecule has 0 aromatic heterocycles. The smallest absolute Gasteiger partial charge is 0.418 e. The lowest BCUT2D eigenvalue weighted by Crippen LogP contribution is -2.02. The second-order valence-corrected chi connectivity index (χ2v) is 2.43. The molecule has 1 aromatic rings. The third-order valence-corrected chi connectivity index (χ3v) is 1.15. The Bertz CT molecular complexity index is 308. The highest BCUT2D eigenvalue weighted by Crippen LogP contribution is 2.10. The number of hydrogen-bond donors (Lipinski definition) is 0. The Labute approximate surface area is 78.3 Å². The largest absolute Gasteiger partial charge is 0.673 e. The molecule has 7 heteroatoms. The lowest BCUT2D eigenvalue weighted by Gasteiger charge is -1.94. The van der Waals surface area contributed by atoms with Gasteiger partial charge in [0.05, 0.1) is 0 Å².